The number of nitrogens with one attached hydrogen (secondary N) is 2. The number of hydrogen-bond donors (Lipinski definition) is 2. The molecule has 5 nitrogen and oxygen atoms in total. The number of halogens is 1. The van der Waals surface area contributed by atoms with Crippen LogP contribution in [0.4, 0.5) is 5.69 Å². The lowest BCUT2D eigenvalue weighted by molar-refractivity contribution is -0.119. The van der Waals surface area contributed by atoms with Crippen LogP contribution in [0.5, 0.6) is 0 Å². The van der Waals surface area contributed by atoms with Crippen LogP contribution in [0, 0.1) is 5.92 Å². The minimum atomic E-state index is -0.0462. The molecule has 0 aromatic heterocycles. The average molecular weight is 378 g/mol. The van der Waals surface area contributed by atoms with Crippen molar-refractivity contribution in [2.75, 3.05) is 31.5 Å². The van der Waals surface area contributed by atoms with Crippen LogP contribution < -0.4 is 10.6 Å². The zero-order valence-electron chi connectivity index (χ0n) is 15.2. The Balaban J connectivity index is 1.55. The summed E-state index contributed by atoms with van der Waals surface area (Å²) in [6.45, 7) is 2.48. The van der Waals surface area contributed by atoms with Crippen molar-refractivity contribution in [2.24, 2.45) is 5.92 Å². The normalized spacial score (nSPS) is 18.0. The van der Waals surface area contributed by atoms with E-state index in [-0.39, 0.29) is 18.4 Å². The Hall–Kier alpha value is -1.75. The van der Waals surface area contributed by atoms with E-state index in [1.807, 2.05) is 4.90 Å². The molecule has 0 radical (unpaired) electrons. The Morgan fingerprint density at radius 1 is 1.08 bits per heavy atom. The first-order valence-electron chi connectivity index (χ1n) is 9.73. The summed E-state index contributed by atoms with van der Waals surface area (Å²) in [4.78, 5) is 26.7. The summed E-state index contributed by atoms with van der Waals surface area (Å²) in [6.07, 6.45) is 8.35. The Bertz CT molecular complexity index is 638. The van der Waals surface area contributed by atoms with Crippen molar-refractivity contribution >= 4 is 29.1 Å². The zero-order valence-corrected chi connectivity index (χ0v) is 16.0. The minimum absolute atomic E-state index is 0.00396. The number of nitrogens with zero attached hydrogens (tertiary/aromatic N) is 1. The van der Waals surface area contributed by atoms with Gasteiger partial charge in [0.2, 0.25) is 5.91 Å². The second-order valence-corrected chi connectivity index (χ2v) is 7.79. The predicted molar refractivity (Wildman–Crippen MR) is 105 cm³/mol. The quantitative estimate of drug-likeness (QED) is 0.794. The fourth-order valence-corrected chi connectivity index (χ4v) is 4.00. The molecule has 1 aliphatic carbocycles. The van der Waals surface area contributed by atoms with Crippen LogP contribution in [-0.4, -0.2) is 42.9 Å². The first-order valence-corrected chi connectivity index (χ1v) is 10.1. The smallest absolute Gasteiger partial charge is 0.255 e. The van der Waals surface area contributed by atoms with Crippen LogP contribution in [0.1, 0.15) is 55.3 Å². The highest BCUT2D eigenvalue weighted by Gasteiger charge is 2.22. The second kappa shape index (κ2) is 9.26. The van der Waals surface area contributed by atoms with Gasteiger partial charge in [0.05, 0.1) is 12.1 Å². The lowest BCUT2D eigenvalue weighted by Gasteiger charge is -2.22. The summed E-state index contributed by atoms with van der Waals surface area (Å²) >= 11 is 6.09. The first-order chi connectivity index (χ1) is 12.6. The van der Waals surface area contributed by atoms with Crippen LogP contribution >= 0.6 is 11.6 Å². The fourth-order valence-electron chi connectivity index (χ4n) is 3.83. The molecule has 0 atom stereocenters. The number of carbonyl (C=O) groups is 2. The Morgan fingerprint density at radius 3 is 2.54 bits per heavy atom. The standard InChI is InChI=1S/C20H28ClN3O2/c21-16-8-9-17(20(26)24-10-4-5-11-24)18(12-16)22-14-19(25)23-13-15-6-2-1-3-7-15/h8-9,12,15,22H,1-7,10-11,13-14H2,(H,23,25). The zero-order chi connectivity index (χ0) is 18.4. The van der Waals surface area contributed by atoms with Crippen LogP contribution in [-0.2, 0) is 4.79 Å². The minimum Gasteiger partial charge on any atom is -0.375 e. The van der Waals surface area contributed by atoms with Gasteiger partial charge in [-0.05, 0) is 49.8 Å². The fraction of sp³-hybridized carbons (Fsp3) is 0.600. The van der Waals surface area contributed by atoms with Gasteiger partial charge >= 0.3 is 0 Å². The van der Waals surface area contributed by atoms with E-state index in [1.165, 1.54) is 32.1 Å². The third kappa shape index (κ3) is 5.13. The maximum absolute atomic E-state index is 12.7. The van der Waals surface area contributed by atoms with Crippen molar-refractivity contribution in [1.82, 2.24) is 10.2 Å². The third-order valence-electron chi connectivity index (χ3n) is 5.36. The first kappa shape index (κ1) is 19.0. The number of carbonyl (C=O) groups excluding carboxylic acids is 2. The van der Waals surface area contributed by atoms with Crippen LogP contribution in [0.15, 0.2) is 18.2 Å². The Labute approximate surface area is 160 Å². The van der Waals surface area contributed by atoms with E-state index in [0.29, 0.717) is 22.2 Å². The summed E-state index contributed by atoms with van der Waals surface area (Å²) in [5.74, 6) is 0.561. The molecule has 6 heteroatoms. The van der Waals surface area contributed by atoms with Crippen molar-refractivity contribution in [3.8, 4) is 0 Å². The van der Waals surface area contributed by atoms with Gasteiger partial charge in [-0.25, -0.2) is 0 Å². The lowest BCUT2D eigenvalue weighted by Crippen LogP contribution is -2.35. The van der Waals surface area contributed by atoms with Gasteiger partial charge in [-0.2, -0.15) is 0 Å². The topological polar surface area (TPSA) is 61.4 Å². The molecule has 2 amide bonds. The van der Waals surface area contributed by atoms with E-state index in [1.54, 1.807) is 18.2 Å². The molecule has 1 heterocycles. The molecule has 26 heavy (non-hydrogen) atoms. The molecule has 3 rings (SSSR count). The summed E-state index contributed by atoms with van der Waals surface area (Å²) in [5.41, 5.74) is 1.21. The van der Waals surface area contributed by atoms with Crippen molar-refractivity contribution in [2.45, 2.75) is 44.9 Å². The lowest BCUT2D eigenvalue weighted by atomic mass is 9.89. The molecule has 1 aliphatic heterocycles. The number of likely N-dealkylation sites (tertiary alicyclic amines) is 1. The summed E-state index contributed by atoms with van der Waals surface area (Å²) in [5, 5.41) is 6.66. The molecule has 0 spiro atoms. The van der Waals surface area contributed by atoms with E-state index < -0.39 is 0 Å². The van der Waals surface area contributed by atoms with Crippen molar-refractivity contribution in [3.05, 3.63) is 28.8 Å². The van der Waals surface area contributed by atoms with Crippen LogP contribution in [0.2, 0.25) is 5.02 Å². The van der Waals surface area contributed by atoms with E-state index in [9.17, 15) is 9.59 Å². The van der Waals surface area contributed by atoms with E-state index in [2.05, 4.69) is 10.6 Å². The molecule has 2 N–H and O–H groups in total. The van der Waals surface area contributed by atoms with Gasteiger partial charge < -0.3 is 15.5 Å². The molecule has 2 fully saturated rings. The van der Waals surface area contributed by atoms with Gasteiger partial charge in [0.25, 0.3) is 5.91 Å². The molecule has 1 saturated carbocycles. The van der Waals surface area contributed by atoms with Gasteiger partial charge in [-0.15, -0.1) is 0 Å². The average Bonchev–Trinajstić information content (AvgIpc) is 3.20. The summed E-state index contributed by atoms with van der Waals surface area (Å²) in [7, 11) is 0. The molecular formula is C20H28ClN3O2. The largest absolute Gasteiger partial charge is 0.375 e. The van der Waals surface area contributed by atoms with E-state index in [4.69, 9.17) is 11.6 Å². The SMILES string of the molecule is O=C(CNc1cc(Cl)ccc1C(=O)N1CCCC1)NCC1CCCCC1. The highest BCUT2D eigenvalue weighted by atomic mass is 35.5. The number of amides is 2. The number of rotatable bonds is 6. The number of benzene rings is 1. The Kier molecular flexibility index (Phi) is 6.78. The summed E-state index contributed by atoms with van der Waals surface area (Å²) < 4.78 is 0. The van der Waals surface area contributed by atoms with Crippen molar-refractivity contribution < 1.29 is 9.59 Å². The molecule has 0 bridgehead atoms. The van der Waals surface area contributed by atoms with Crippen molar-refractivity contribution in [1.29, 1.82) is 0 Å². The maximum Gasteiger partial charge on any atom is 0.255 e. The molecule has 1 saturated heterocycles. The predicted octanol–water partition coefficient (Wildman–Crippen LogP) is 3.68. The Morgan fingerprint density at radius 2 is 1.81 bits per heavy atom. The molecular weight excluding hydrogens is 350 g/mol. The van der Waals surface area contributed by atoms with Gasteiger partial charge in [0.15, 0.2) is 0 Å². The molecule has 2 aliphatic rings. The van der Waals surface area contributed by atoms with Gasteiger partial charge in [-0.3, -0.25) is 9.59 Å². The third-order valence-corrected chi connectivity index (χ3v) is 5.59. The highest BCUT2D eigenvalue weighted by molar-refractivity contribution is 6.31. The van der Waals surface area contributed by atoms with Gasteiger partial charge in [-0.1, -0.05) is 30.9 Å². The van der Waals surface area contributed by atoms with Gasteiger partial charge in [0.1, 0.15) is 0 Å². The molecule has 0 unspecified atom stereocenters. The van der Waals surface area contributed by atoms with E-state index >= 15 is 0 Å². The van der Waals surface area contributed by atoms with Crippen molar-refractivity contribution in [3.63, 3.8) is 0 Å². The molecule has 142 valence electrons. The summed E-state index contributed by atoms with van der Waals surface area (Å²) in [6, 6.07) is 5.18. The maximum atomic E-state index is 12.7. The van der Waals surface area contributed by atoms with Gasteiger partial charge in [0, 0.05) is 30.3 Å². The van der Waals surface area contributed by atoms with E-state index in [0.717, 1.165) is 32.5 Å². The molecule has 1 aromatic carbocycles. The second-order valence-electron chi connectivity index (χ2n) is 7.35. The molecule has 1 aromatic rings. The monoisotopic (exact) mass is 377 g/mol. The van der Waals surface area contributed by atoms with Crippen LogP contribution in [0.25, 0.3) is 0 Å². The number of hydrogen-bond acceptors (Lipinski definition) is 3. The van der Waals surface area contributed by atoms with Crippen LogP contribution in [0.3, 0.4) is 0 Å². The highest BCUT2D eigenvalue weighted by Crippen LogP contribution is 2.24. The number of anilines is 1.